The number of aryl methyl sites for hydroxylation is 1. The van der Waals surface area contributed by atoms with Crippen LogP contribution in [0.25, 0.3) is 10.9 Å². The minimum atomic E-state index is -0.392. The molecule has 0 saturated carbocycles. The van der Waals surface area contributed by atoms with Gasteiger partial charge in [0.15, 0.2) is 0 Å². The highest BCUT2D eigenvalue weighted by molar-refractivity contribution is 5.89. The lowest BCUT2D eigenvalue weighted by Gasteiger charge is -2.23. The third-order valence-corrected chi connectivity index (χ3v) is 5.37. The first kappa shape index (κ1) is 22.1. The Bertz CT molecular complexity index is 1330. The van der Waals surface area contributed by atoms with Crippen molar-refractivity contribution in [2.45, 2.75) is 20.0 Å². The molecule has 0 aliphatic rings. The molecule has 0 aliphatic heterocycles. The maximum Gasteiger partial charge on any atom is 0.322 e. The molecule has 1 heterocycles. The second-order valence-electron chi connectivity index (χ2n) is 7.86. The normalized spacial score (nSPS) is 10.8. The molecule has 0 spiro atoms. The summed E-state index contributed by atoms with van der Waals surface area (Å²) in [5.74, 6) is 0.259. The predicted molar refractivity (Wildman–Crippen MR) is 127 cm³/mol. The Labute approximate surface area is 190 Å². The van der Waals surface area contributed by atoms with Crippen LogP contribution in [-0.4, -0.2) is 23.0 Å². The van der Waals surface area contributed by atoms with Gasteiger partial charge in [-0.2, -0.15) is 0 Å². The first-order valence-corrected chi connectivity index (χ1v) is 10.5. The van der Waals surface area contributed by atoms with E-state index in [-0.39, 0.29) is 17.9 Å². The molecular weight excluding hydrogens is 421 g/mol. The lowest BCUT2D eigenvalue weighted by Crippen LogP contribution is -2.35. The Morgan fingerprint density at radius 1 is 1.00 bits per heavy atom. The highest BCUT2D eigenvalue weighted by Crippen LogP contribution is 2.20. The van der Waals surface area contributed by atoms with Gasteiger partial charge in [0.25, 0.3) is 5.56 Å². The first-order valence-electron chi connectivity index (χ1n) is 10.5. The number of pyridine rings is 1. The molecule has 3 aromatic carbocycles. The number of rotatable bonds is 6. The van der Waals surface area contributed by atoms with Gasteiger partial charge in [0.05, 0.1) is 19.2 Å². The lowest BCUT2D eigenvalue weighted by atomic mass is 10.1. The predicted octanol–water partition coefficient (Wildman–Crippen LogP) is 5.22. The van der Waals surface area contributed by atoms with E-state index in [2.05, 4.69) is 10.3 Å². The molecule has 0 bridgehead atoms. The Balaban J connectivity index is 1.64. The molecule has 0 radical (unpaired) electrons. The molecule has 2 amide bonds. The van der Waals surface area contributed by atoms with Gasteiger partial charge in [-0.15, -0.1) is 0 Å². The molecule has 0 atom stereocenters. The van der Waals surface area contributed by atoms with Gasteiger partial charge in [-0.25, -0.2) is 9.18 Å². The Kier molecular flexibility index (Phi) is 6.40. The number of ether oxygens (including phenoxy) is 1. The molecule has 2 N–H and O–H groups in total. The van der Waals surface area contributed by atoms with E-state index in [0.29, 0.717) is 29.1 Å². The maximum atomic E-state index is 13.2. The van der Waals surface area contributed by atoms with Crippen LogP contribution in [0, 0.1) is 12.7 Å². The van der Waals surface area contributed by atoms with Crippen LogP contribution in [0.1, 0.15) is 16.7 Å². The number of nitrogens with one attached hydrogen (secondary N) is 2. The lowest BCUT2D eigenvalue weighted by molar-refractivity contribution is 0.206. The number of halogens is 1. The number of hydrogen-bond acceptors (Lipinski definition) is 3. The smallest absolute Gasteiger partial charge is 0.322 e. The fourth-order valence-corrected chi connectivity index (χ4v) is 3.52. The van der Waals surface area contributed by atoms with Crippen LogP contribution in [-0.2, 0) is 13.1 Å². The van der Waals surface area contributed by atoms with Gasteiger partial charge in [0.1, 0.15) is 11.6 Å². The Hall–Kier alpha value is -4.13. The molecular formula is C26H24FN3O3. The quantitative estimate of drug-likeness (QED) is 0.427. The van der Waals surface area contributed by atoms with Crippen LogP contribution >= 0.6 is 0 Å². The number of anilines is 1. The molecule has 168 valence electrons. The average Bonchev–Trinajstić information content (AvgIpc) is 2.81. The zero-order chi connectivity index (χ0) is 23.4. The van der Waals surface area contributed by atoms with Gasteiger partial charge in [0.2, 0.25) is 0 Å². The van der Waals surface area contributed by atoms with Gasteiger partial charge in [-0.1, -0.05) is 29.8 Å². The van der Waals surface area contributed by atoms with Crippen molar-refractivity contribution in [3.8, 4) is 5.75 Å². The van der Waals surface area contributed by atoms with E-state index in [1.807, 2.05) is 43.3 Å². The molecule has 6 nitrogen and oxygen atoms in total. The number of amides is 2. The summed E-state index contributed by atoms with van der Waals surface area (Å²) in [4.78, 5) is 30.3. The van der Waals surface area contributed by atoms with Gasteiger partial charge in [-0.05, 0) is 60.3 Å². The molecule has 7 heteroatoms. The third-order valence-electron chi connectivity index (χ3n) is 5.37. The minimum Gasteiger partial charge on any atom is -0.497 e. The molecule has 0 aliphatic carbocycles. The van der Waals surface area contributed by atoms with Gasteiger partial charge < -0.3 is 19.9 Å². The molecule has 0 unspecified atom stereocenters. The third kappa shape index (κ3) is 5.38. The largest absolute Gasteiger partial charge is 0.497 e. The molecule has 4 rings (SSSR count). The first-order chi connectivity index (χ1) is 15.9. The zero-order valence-electron chi connectivity index (χ0n) is 18.4. The maximum absolute atomic E-state index is 13.2. The van der Waals surface area contributed by atoms with Gasteiger partial charge >= 0.3 is 6.03 Å². The SMILES string of the molecule is COc1ccc2cc(CN(Cc3ccc(C)cc3)C(=O)Nc3ccc(F)cc3)c(=O)[nH]c2c1. The Morgan fingerprint density at radius 3 is 2.42 bits per heavy atom. The standard InChI is InChI=1S/C26H24FN3O3/c1-17-3-5-18(6-4-17)15-30(26(32)28-22-10-8-21(27)9-11-22)16-20-13-19-7-12-23(33-2)14-24(19)29-25(20)31/h3-14H,15-16H2,1-2H3,(H,28,32)(H,29,31). The summed E-state index contributed by atoms with van der Waals surface area (Å²) in [5.41, 5.74) is 3.34. The summed E-state index contributed by atoms with van der Waals surface area (Å²) in [5, 5.41) is 3.62. The number of aromatic nitrogens is 1. The number of urea groups is 1. The van der Waals surface area contributed by atoms with Crippen molar-refractivity contribution in [2.75, 3.05) is 12.4 Å². The van der Waals surface area contributed by atoms with Crippen molar-refractivity contribution >= 4 is 22.6 Å². The minimum absolute atomic E-state index is 0.0954. The number of fused-ring (bicyclic) bond motifs is 1. The van der Waals surface area contributed by atoms with E-state index in [1.54, 1.807) is 24.1 Å². The van der Waals surface area contributed by atoms with Crippen molar-refractivity contribution in [3.05, 3.63) is 106 Å². The van der Waals surface area contributed by atoms with Crippen LogP contribution in [0.4, 0.5) is 14.9 Å². The summed E-state index contributed by atoms with van der Waals surface area (Å²) in [6.45, 7) is 2.39. The number of hydrogen-bond donors (Lipinski definition) is 2. The number of nitrogens with zero attached hydrogens (tertiary/aromatic N) is 1. The van der Waals surface area contributed by atoms with E-state index >= 15 is 0 Å². The van der Waals surface area contributed by atoms with E-state index in [9.17, 15) is 14.0 Å². The number of H-pyrrole nitrogens is 1. The van der Waals surface area contributed by atoms with Crippen molar-refractivity contribution < 1.29 is 13.9 Å². The topological polar surface area (TPSA) is 74.4 Å². The van der Waals surface area contributed by atoms with E-state index in [0.717, 1.165) is 16.5 Å². The second-order valence-corrected chi connectivity index (χ2v) is 7.86. The van der Waals surface area contributed by atoms with Crippen LogP contribution in [0.5, 0.6) is 5.75 Å². The molecule has 1 aromatic heterocycles. The molecule has 4 aromatic rings. The van der Waals surface area contributed by atoms with Crippen molar-refractivity contribution in [3.63, 3.8) is 0 Å². The van der Waals surface area contributed by atoms with Crippen molar-refractivity contribution in [2.24, 2.45) is 0 Å². The van der Waals surface area contributed by atoms with E-state index in [4.69, 9.17) is 4.74 Å². The fourth-order valence-electron chi connectivity index (χ4n) is 3.52. The molecule has 33 heavy (non-hydrogen) atoms. The highest BCUT2D eigenvalue weighted by Gasteiger charge is 2.17. The number of methoxy groups -OCH3 is 1. The van der Waals surface area contributed by atoms with Crippen LogP contribution in [0.15, 0.2) is 77.6 Å². The second kappa shape index (κ2) is 9.56. The van der Waals surface area contributed by atoms with Crippen LogP contribution in [0.3, 0.4) is 0 Å². The van der Waals surface area contributed by atoms with Crippen LogP contribution < -0.4 is 15.6 Å². The van der Waals surface area contributed by atoms with Crippen LogP contribution in [0.2, 0.25) is 0 Å². The van der Waals surface area contributed by atoms with E-state index in [1.165, 1.54) is 24.3 Å². The van der Waals surface area contributed by atoms with Gasteiger partial charge in [0, 0.05) is 23.9 Å². The summed E-state index contributed by atoms with van der Waals surface area (Å²) in [6.07, 6.45) is 0. The Morgan fingerprint density at radius 2 is 1.73 bits per heavy atom. The van der Waals surface area contributed by atoms with Gasteiger partial charge in [-0.3, -0.25) is 4.79 Å². The summed E-state index contributed by atoms with van der Waals surface area (Å²) in [7, 11) is 1.57. The summed E-state index contributed by atoms with van der Waals surface area (Å²) in [6, 6.07) is 20.2. The number of carbonyl (C=O) groups is 1. The zero-order valence-corrected chi connectivity index (χ0v) is 18.4. The average molecular weight is 445 g/mol. The molecule has 0 saturated heterocycles. The van der Waals surface area contributed by atoms with Crippen molar-refractivity contribution in [1.82, 2.24) is 9.88 Å². The summed E-state index contributed by atoms with van der Waals surface area (Å²) >= 11 is 0. The highest BCUT2D eigenvalue weighted by atomic mass is 19.1. The fraction of sp³-hybridized carbons (Fsp3) is 0.154. The number of carbonyl (C=O) groups excluding carboxylic acids is 1. The number of aromatic amines is 1. The number of benzene rings is 3. The van der Waals surface area contributed by atoms with Crippen molar-refractivity contribution in [1.29, 1.82) is 0 Å². The molecule has 0 fully saturated rings. The monoisotopic (exact) mass is 445 g/mol. The van der Waals surface area contributed by atoms with E-state index < -0.39 is 6.03 Å². The summed E-state index contributed by atoms with van der Waals surface area (Å²) < 4.78 is 18.5.